The van der Waals surface area contributed by atoms with Gasteiger partial charge in [-0.3, -0.25) is 4.98 Å². The van der Waals surface area contributed by atoms with Gasteiger partial charge in [0.15, 0.2) is 0 Å². The summed E-state index contributed by atoms with van der Waals surface area (Å²) in [5.74, 6) is 0. The van der Waals surface area contributed by atoms with Gasteiger partial charge < -0.3 is 0 Å². The van der Waals surface area contributed by atoms with E-state index in [1.807, 2.05) is 0 Å². The fourth-order valence-electron chi connectivity index (χ4n) is 1.41. The second-order valence-electron chi connectivity index (χ2n) is 3.20. The average molecular weight is 233 g/mol. The maximum absolute atomic E-state index is 11.4. The number of pyridine rings is 1. The molecule has 2 N–H and O–H groups in total. The highest BCUT2D eigenvalue weighted by Crippen LogP contribution is 2.24. The highest BCUT2D eigenvalue weighted by atomic mass is 32.2. The molecular weight excluding hydrogens is 224 g/mol. The summed E-state index contributed by atoms with van der Waals surface area (Å²) in [6.45, 7) is 0. The van der Waals surface area contributed by atoms with Gasteiger partial charge >= 0.3 is 0 Å². The molecule has 0 amide bonds. The average Bonchev–Trinajstić information content (AvgIpc) is 2.29. The topological polar surface area (TPSA) is 73.1 Å². The third kappa shape index (κ3) is 2.10. The minimum Gasteiger partial charge on any atom is -0.264 e. The first-order chi connectivity index (χ1) is 7.59. The molecule has 0 saturated heterocycles. The molecule has 5 heteroatoms. The maximum Gasteiger partial charge on any atom is 0.239 e. The number of primary sulfonamides is 1. The van der Waals surface area contributed by atoms with Crippen LogP contribution >= 0.6 is 0 Å². The number of rotatable bonds is 2. The van der Waals surface area contributed by atoms with Gasteiger partial charge in [-0.15, -0.1) is 0 Å². The van der Waals surface area contributed by atoms with Gasteiger partial charge in [-0.25, -0.2) is 13.6 Å². The van der Waals surface area contributed by atoms with E-state index in [2.05, 4.69) is 11.1 Å². The maximum atomic E-state index is 11.4. The fourth-order valence-corrected chi connectivity index (χ4v) is 2.13. The Morgan fingerprint density at radius 2 is 2.06 bits per heavy atom. The second-order valence-corrected chi connectivity index (χ2v) is 4.70. The zero-order valence-corrected chi connectivity index (χ0v) is 9.11. The quantitative estimate of drug-likeness (QED) is 0.846. The highest BCUT2D eigenvalue weighted by Gasteiger charge is 2.14. The highest BCUT2D eigenvalue weighted by molar-refractivity contribution is 7.89. The molecule has 16 heavy (non-hydrogen) atoms. The van der Waals surface area contributed by atoms with Crippen molar-refractivity contribution in [2.75, 3.05) is 0 Å². The fraction of sp³-hybridized carbons (Fsp3) is 0. The lowest BCUT2D eigenvalue weighted by atomic mass is 10.1. The lowest BCUT2D eigenvalue weighted by molar-refractivity contribution is 0.598. The summed E-state index contributed by atoms with van der Waals surface area (Å²) in [4.78, 5) is 3.92. The van der Waals surface area contributed by atoms with Crippen molar-refractivity contribution >= 4 is 10.0 Å². The molecule has 1 radical (unpaired) electrons. The van der Waals surface area contributed by atoms with Gasteiger partial charge in [0.25, 0.3) is 0 Å². The van der Waals surface area contributed by atoms with Crippen molar-refractivity contribution in [3.05, 3.63) is 48.8 Å². The SMILES string of the molecule is NS(=O)(=O)c1[c]cccc1-c1cccnc1. The van der Waals surface area contributed by atoms with Gasteiger partial charge in [0.2, 0.25) is 10.0 Å². The number of hydrogen-bond acceptors (Lipinski definition) is 3. The molecule has 0 saturated carbocycles. The third-order valence-corrected chi connectivity index (χ3v) is 2.98. The Morgan fingerprint density at radius 1 is 1.25 bits per heavy atom. The van der Waals surface area contributed by atoms with Crippen molar-refractivity contribution in [1.29, 1.82) is 0 Å². The van der Waals surface area contributed by atoms with Gasteiger partial charge in [-0.2, -0.15) is 0 Å². The number of hydrogen-bond donors (Lipinski definition) is 1. The monoisotopic (exact) mass is 233 g/mol. The molecule has 0 aliphatic carbocycles. The van der Waals surface area contributed by atoms with Crippen LogP contribution in [0, 0.1) is 6.07 Å². The summed E-state index contributed by atoms with van der Waals surface area (Å²) in [6.07, 6.45) is 3.20. The van der Waals surface area contributed by atoms with E-state index in [-0.39, 0.29) is 4.90 Å². The second kappa shape index (κ2) is 4.03. The number of benzene rings is 1. The molecule has 0 bridgehead atoms. The Hall–Kier alpha value is -1.72. The van der Waals surface area contributed by atoms with E-state index in [0.717, 1.165) is 0 Å². The van der Waals surface area contributed by atoms with E-state index in [9.17, 15) is 8.42 Å². The predicted molar refractivity (Wildman–Crippen MR) is 59.9 cm³/mol. The molecule has 81 valence electrons. The van der Waals surface area contributed by atoms with Crippen LogP contribution in [0.5, 0.6) is 0 Å². The summed E-state index contributed by atoms with van der Waals surface area (Å²) >= 11 is 0. The summed E-state index contributed by atoms with van der Waals surface area (Å²) in [6, 6.07) is 11.0. The van der Waals surface area contributed by atoms with Crippen LogP contribution in [0.4, 0.5) is 0 Å². The van der Waals surface area contributed by atoms with E-state index < -0.39 is 10.0 Å². The third-order valence-electron chi connectivity index (χ3n) is 2.08. The first kappa shape index (κ1) is 10.8. The van der Waals surface area contributed by atoms with E-state index >= 15 is 0 Å². The first-order valence-electron chi connectivity index (χ1n) is 4.53. The van der Waals surface area contributed by atoms with Crippen LogP contribution in [-0.4, -0.2) is 13.4 Å². The van der Waals surface area contributed by atoms with Crippen LogP contribution in [-0.2, 0) is 10.0 Å². The largest absolute Gasteiger partial charge is 0.264 e. The predicted octanol–water partition coefficient (Wildman–Crippen LogP) is 1.20. The minimum absolute atomic E-state index is 0.0111. The molecular formula is C11H9N2O2S. The van der Waals surface area contributed by atoms with Crippen molar-refractivity contribution in [3.8, 4) is 11.1 Å². The molecule has 0 aliphatic rings. The van der Waals surface area contributed by atoms with Crippen LogP contribution in [0.2, 0.25) is 0 Å². The Morgan fingerprint density at radius 3 is 2.69 bits per heavy atom. The van der Waals surface area contributed by atoms with Gasteiger partial charge in [0.05, 0.1) is 4.90 Å². The van der Waals surface area contributed by atoms with Gasteiger partial charge in [-0.1, -0.05) is 24.3 Å². The molecule has 0 unspecified atom stereocenters. The first-order valence-corrected chi connectivity index (χ1v) is 6.07. The lowest BCUT2D eigenvalue weighted by Gasteiger charge is -2.06. The molecule has 1 heterocycles. The van der Waals surface area contributed by atoms with Gasteiger partial charge in [-0.05, 0) is 6.07 Å². The summed E-state index contributed by atoms with van der Waals surface area (Å²) in [7, 11) is -3.76. The number of aromatic nitrogens is 1. The molecule has 0 atom stereocenters. The van der Waals surface area contributed by atoms with Crippen LogP contribution in [0.1, 0.15) is 0 Å². The van der Waals surface area contributed by atoms with Gasteiger partial charge in [0, 0.05) is 29.6 Å². The van der Waals surface area contributed by atoms with Crippen LogP contribution < -0.4 is 5.14 Å². The Bertz CT molecular complexity index is 594. The van der Waals surface area contributed by atoms with E-state index in [4.69, 9.17) is 5.14 Å². The molecule has 2 aromatic rings. The smallest absolute Gasteiger partial charge is 0.239 e. The van der Waals surface area contributed by atoms with Crippen molar-refractivity contribution in [2.24, 2.45) is 5.14 Å². The minimum atomic E-state index is -3.76. The molecule has 0 spiro atoms. The van der Waals surface area contributed by atoms with Gasteiger partial charge in [0.1, 0.15) is 0 Å². The summed E-state index contributed by atoms with van der Waals surface area (Å²) < 4.78 is 22.7. The van der Waals surface area contributed by atoms with Crippen molar-refractivity contribution in [2.45, 2.75) is 4.90 Å². The standard InChI is InChI=1S/C11H9N2O2S/c12-16(14,15)11-6-2-1-5-10(11)9-4-3-7-13-8-9/h1-5,7-8H,(H2,12,14,15). The lowest BCUT2D eigenvalue weighted by Crippen LogP contribution is -2.13. The van der Waals surface area contributed by atoms with Crippen molar-refractivity contribution < 1.29 is 8.42 Å². The van der Waals surface area contributed by atoms with Crippen LogP contribution in [0.3, 0.4) is 0 Å². The summed E-state index contributed by atoms with van der Waals surface area (Å²) in [5.41, 5.74) is 1.21. The zero-order valence-electron chi connectivity index (χ0n) is 8.29. The van der Waals surface area contributed by atoms with E-state index in [1.165, 1.54) is 6.07 Å². The molecule has 0 aliphatic heterocycles. The number of nitrogens with two attached hydrogens (primary N) is 1. The number of sulfonamides is 1. The van der Waals surface area contributed by atoms with Crippen molar-refractivity contribution in [3.63, 3.8) is 0 Å². The Kier molecular flexibility index (Phi) is 2.72. The Labute approximate surface area is 93.8 Å². The molecule has 0 fully saturated rings. The zero-order chi connectivity index (χ0) is 11.6. The van der Waals surface area contributed by atoms with Crippen LogP contribution in [0.25, 0.3) is 11.1 Å². The normalized spacial score (nSPS) is 11.3. The molecule has 1 aromatic heterocycles. The van der Waals surface area contributed by atoms with E-state index in [1.54, 1.807) is 36.7 Å². The van der Waals surface area contributed by atoms with E-state index in [0.29, 0.717) is 11.1 Å². The molecule has 1 aromatic carbocycles. The molecule has 2 rings (SSSR count). The van der Waals surface area contributed by atoms with Crippen LogP contribution in [0.15, 0.2) is 47.6 Å². The summed E-state index contributed by atoms with van der Waals surface area (Å²) in [5, 5.41) is 5.12. The number of nitrogens with zero attached hydrogens (tertiary/aromatic N) is 1. The Balaban J connectivity index is 2.68. The van der Waals surface area contributed by atoms with Crippen molar-refractivity contribution in [1.82, 2.24) is 4.98 Å². The molecule has 4 nitrogen and oxygen atoms in total.